The lowest BCUT2D eigenvalue weighted by molar-refractivity contribution is -0.119. The van der Waals surface area contributed by atoms with Gasteiger partial charge < -0.3 is 15.8 Å². The van der Waals surface area contributed by atoms with E-state index < -0.39 is 0 Å². The number of amides is 1. The third-order valence-electron chi connectivity index (χ3n) is 2.19. The van der Waals surface area contributed by atoms with Crippen LogP contribution in [-0.2, 0) is 4.79 Å². The van der Waals surface area contributed by atoms with Crippen molar-refractivity contribution in [3.8, 4) is 5.88 Å². The number of nitrogens with one attached hydrogen (secondary N) is 1. The van der Waals surface area contributed by atoms with Crippen LogP contribution in [0.25, 0.3) is 0 Å². The van der Waals surface area contributed by atoms with Gasteiger partial charge in [-0.05, 0) is 0 Å². The second-order valence-electron chi connectivity index (χ2n) is 3.47. The third kappa shape index (κ3) is 2.55. The van der Waals surface area contributed by atoms with Crippen LogP contribution in [0.15, 0.2) is 12.4 Å². The Bertz CT molecular complexity index is 369. The van der Waals surface area contributed by atoms with Crippen LogP contribution in [0.2, 0.25) is 0 Å². The zero-order chi connectivity index (χ0) is 10.7. The molecule has 6 nitrogen and oxygen atoms in total. The number of hydrogen-bond acceptors (Lipinski definition) is 5. The second-order valence-corrected chi connectivity index (χ2v) is 3.47. The number of nitrogens with zero attached hydrogens (tertiary/aromatic N) is 2. The number of nitrogens with two attached hydrogens (primary N) is 1. The van der Waals surface area contributed by atoms with Crippen LogP contribution in [0.5, 0.6) is 5.88 Å². The van der Waals surface area contributed by atoms with E-state index in [4.69, 9.17) is 10.5 Å². The maximum Gasteiger partial charge on any atom is 0.220 e. The minimum Gasteiger partial charge on any atom is -0.477 e. The maximum atomic E-state index is 10.9. The molecule has 2 rings (SSSR count). The van der Waals surface area contributed by atoms with Gasteiger partial charge in [-0.1, -0.05) is 0 Å². The molecule has 1 fully saturated rings. The Morgan fingerprint density at radius 2 is 2.47 bits per heavy atom. The molecule has 1 unspecified atom stereocenters. The first-order chi connectivity index (χ1) is 7.24. The first-order valence-corrected chi connectivity index (χ1v) is 4.71. The summed E-state index contributed by atoms with van der Waals surface area (Å²) < 4.78 is 5.40. The summed E-state index contributed by atoms with van der Waals surface area (Å²) in [6.45, 7) is 1.13. The number of hydrogen-bond donors (Lipinski definition) is 2. The van der Waals surface area contributed by atoms with Crippen molar-refractivity contribution >= 4 is 11.7 Å². The Balaban J connectivity index is 1.85. The molecule has 0 spiro atoms. The highest BCUT2D eigenvalue weighted by Gasteiger charge is 2.21. The van der Waals surface area contributed by atoms with E-state index in [1.807, 2.05) is 0 Å². The van der Waals surface area contributed by atoms with Gasteiger partial charge in [-0.25, -0.2) is 9.97 Å². The van der Waals surface area contributed by atoms with Gasteiger partial charge in [0.05, 0.1) is 6.61 Å². The smallest absolute Gasteiger partial charge is 0.220 e. The minimum atomic E-state index is 0.0748. The monoisotopic (exact) mass is 208 g/mol. The molecule has 3 N–H and O–H groups in total. The molecular formula is C9H12N4O2. The molecule has 1 atom stereocenters. The molecular weight excluding hydrogens is 196 g/mol. The van der Waals surface area contributed by atoms with Crippen molar-refractivity contribution < 1.29 is 9.53 Å². The predicted octanol–water partition coefficient (Wildman–Crippen LogP) is -0.426. The van der Waals surface area contributed by atoms with Crippen LogP contribution in [0, 0.1) is 5.92 Å². The molecule has 0 aliphatic carbocycles. The molecule has 0 radical (unpaired) electrons. The predicted molar refractivity (Wildman–Crippen MR) is 53.1 cm³/mol. The molecule has 1 saturated heterocycles. The van der Waals surface area contributed by atoms with Crippen LogP contribution < -0.4 is 15.8 Å². The molecule has 80 valence electrons. The van der Waals surface area contributed by atoms with E-state index in [1.54, 1.807) is 6.07 Å². The Hall–Kier alpha value is -1.85. The highest BCUT2D eigenvalue weighted by Crippen LogP contribution is 2.13. The Morgan fingerprint density at radius 1 is 1.60 bits per heavy atom. The highest BCUT2D eigenvalue weighted by atomic mass is 16.5. The molecule has 6 heteroatoms. The van der Waals surface area contributed by atoms with E-state index in [0.717, 1.165) is 0 Å². The van der Waals surface area contributed by atoms with Crippen molar-refractivity contribution in [3.05, 3.63) is 12.4 Å². The number of aromatic nitrogens is 2. The molecule has 2 heterocycles. The van der Waals surface area contributed by atoms with Crippen molar-refractivity contribution in [3.63, 3.8) is 0 Å². The van der Waals surface area contributed by atoms with Crippen molar-refractivity contribution in [2.75, 3.05) is 18.9 Å². The standard InChI is InChI=1S/C9H12N4O2/c10-7-2-9(13-5-12-7)15-4-6-1-8(14)11-3-6/h2,5-6H,1,3-4H2,(H,11,14)(H2,10,12,13). The summed E-state index contributed by atoms with van der Waals surface area (Å²) in [4.78, 5) is 18.6. The molecule has 0 bridgehead atoms. The van der Waals surface area contributed by atoms with Gasteiger partial charge in [0.15, 0.2) is 0 Å². The van der Waals surface area contributed by atoms with Crippen LogP contribution in [0.3, 0.4) is 0 Å². The van der Waals surface area contributed by atoms with Crippen LogP contribution in [-0.4, -0.2) is 29.0 Å². The molecule has 15 heavy (non-hydrogen) atoms. The lowest BCUT2D eigenvalue weighted by atomic mass is 10.1. The summed E-state index contributed by atoms with van der Waals surface area (Å²) in [5.41, 5.74) is 5.47. The lowest BCUT2D eigenvalue weighted by Crippen LogP contribution is -2.17. The number of carbonyl (C=O) groups excluding carboxylic acids is 1. The summed E-state index contributed by atoms with van der Waals surface area (Å²) >= 11 is 0. The van der Waals surface area contributed by atoms with Crippen molar-refractivity contribution in [1.29, 1.82) is 0 Å². The van der Waals surface area contributed by atoms with E-state index in [0.29, 0.717) is 31.3 Å². The van der Waals surface area contributed by atoms with Gasteiger partial charge in [0.2, 0.25) is 11.8 Å². The van der Waals surface area contributed by atoms with Gasteiger partial charge in [0.25, 0.3) is 0 Å². The lowest BCUT2D eigenvalue weighted by Gasteiger charge is -2.08. The van der Waals surface area contributed by atoms with Crippen molar-refractivity contribution in [1.82, 2.24) is 15.3 Å². The zero-order valence-corrected chi connectivity index (χ0v) is 8.14. The molecule has 0 aromatic carbocycles. The molecule has 1 aromatic heterocycles. The number of nitrogen functional groups attached to an aromatic ring is 1. The Labute approximate surface area is 86.9 Å². The van der Waals surface area contributed by atoms with E-state index >= 15 is 0 Å². The van der Waals surface area contributed by atoms with Gasteiger partial charge in [-0.3, -0.25) is 4.79 Å². The van der Waals surface area contributed by atoms with Gasteiger partial charge in [0.1, 0.15) is 12.1 Å². The van der Waals surface area contributed by atoms with Gasteiger partial charge in [-0.15, -0.1) is 0 Å². The first-order valence-electron chi connectivity index (χ1n) is 4.71. The normalized spacial score (nSPS) is 20.0. The summed E-state index contributed by atoms with van der Waals surface area (Å²) in [5.74, 6) is 1.11. The fourth-order valence-corrected chi connectivity index (χ4v) is 1.42. The number of carbonyl (C=O) groups is 1. The largest absolute Gasteiger partial charge is 0.477 e. The van der Waals surface area contributed by atoms with Crippen molar-refractivity contribution in [2.24, 2.45) is 5.92 Å². The first kappa shape index (κ1) is 9.70. The fraction of sp³-hybridized carbons (Fsp3) is 0.444. The topological polar surface area (TPSA) is 90.1 Å². The molecule has 1 amide bonds. The summed E-state index contributed by atoms with van der Waals surface area (Å²) in [7, 11) is 0. The quantitative estimate of drug-likeness (QED) is 0.703. The number of rotatable bonds is 3. The van der Waals surface area contributed by atoms with Crippen molar-refractivity contribution in [2.45, 2.75) is 6.42 Å². The average molecular weight is 208 g/mol. The summed E-state index contributed by atoms with van der Waals surface area (Å²) in [6, 6.07) is 1.56. The SMILES string of the molecule is Nc1cc(OCC2CNC(=O)C2)ncn1. The van der Waals surface area contributed by atoms with Gasteiger partial charge >= 0.3 is 0 Å². The second kappa shape index (κ2) is 4.12. The van der Waals surface area contributed by atoms with Crippen LogP contribution in [0.4, 0.5) is 5.82 Å². The van der Waals surface area contributed by atoms with E-state index in [9.17, 15) is 4.79 Å². The van der Waals surface area contributed by atoms with E-state index in [-0.39, 0.29) is 11.8 Å². The zero-order valence-electron chi connectivity index (χ0n) is 8.14. The third-order valence-corrected chi connectivity index (χ3v) is 2.19. The summed E-state index contributed by atoms with van der Waals surface area (Å²) in [5, 5.41) is 2.74. The number of anilines is 1. The molecule has 1 aliphatic heterocycles. The maximum absolute atomic E-state index is 10.9. The molecule has 1 aromatic rings. The Kier molecular flexibility index (Phi) is 2.66. The molecule has 0 saturated carbocycles. The Morgan fingerprint density at radius 3 is 3.13 bits per heavy atom. The van der Waals surface area contributed by atoms with E-state index in [1.165, 1.54) is 6.33 Å². The average Bonchev–Trinajstić information content (AvgIpc) is 2.62. The van der Waals surface area contributed by atoms with Crippen LogP contribution >= 0.6 is 0 Å². The van der Waals surface area contributed by atoms with E-state index in [2.05, 4.69) is 15.3 Å². The molecule has 1 aliphatic rings. The van der Waals surface area contributed by atoms with Gasteiger partial charge in [0, 0.05) is 24.9 Å². The summed E-state index contributed by atoms with van der Waals surface area (Å²) in [6.07, 6.45) is 1.86. The van der Waals surface area contributed by atoms with Crippen LogP contribution in [0.1, 0.15) is 6.42 Å². The highest BCUT2D eigenvalue weighted by molar-refractivity contribution is 5.78. The fourth-order valence-electron chi connectivity index (χ4n) is 1.42. The van der Waals surface area contributed by atoms with Gasteiger partial charge in [-0.2, -0.15) is 0 Å². The number of ether oxygens (including phenoxy) is 1. The minimum absolute atomic E-state index is 0.0748.